The van der Waals surface area contributed by atoms with Gasteiger partial charge in [0.1, 0.15) is 18.2 Å². The fourth-order valence-electron chi connectivity index (χ4n) is 3.53. The second-order valence-corrected chi connectivity index (χ2v) is 7.52. The first-order chi connectivity index (χ1) is 14.1. The Kier molecular flexibility index (Phi) is 5.81. The summed E-state index contributed by atoms with van der Waals surface area (Å²) in [6.45, 7) is 1.42. The Morgan fingerprint density at radius 3 is 2.79 bits per heavy atom. The lowest BCUT2D eigenvalue weighted by atomic mass is 10.1. The van der Waals surface area contributed by atoms with Crippen LogP contribution in [0, 0.1) is 0 Å². The van der Waals surface area contributed by atoms with Gasteiger partial charge in [0.2, 0.25) is 0 Å². The molecule has 1 aromatic heterocycles. The van der Waals surface area contributed by atoms with Crippen LogP contribution in [0.3, 0.4) is 0 Å². The number of halogens is 1. The number of carbonyl (C=O) groups excluding carboxylic acids is 1. The Bertz CT molecular complexity index is 1090. The van der Waals surface area contributed by atoms with Crippen molar-refractivity contribution in [1.82, 2.24) is 14.9 Å². The first kappa shape index (κ1) is 19.5. The van der Waals surface area contributed by atoms with E-state index in [1.54, 1.807) is 47.0 Å². The molecule has 2 heterocycles. The van der Waals surface area contributed by atoms with E-state index < -0.39 is 0 Å². The van der Waals surface area contributed by atoms with Crippen molar-refractivity contribution in [3.05, 3.63) is 69.2 Å². The molecule has 7 heteroatoms. The number of hydrogen-bond acceptors (Lipinski definition) is 4. The minimum Gasteiger partial charge on any atom is -0.492 e. The third-order valence-corrected chi connectivity index (χ3v) is 5.30. The van der Waals surface area contributed by atoms with Gasteiger partial charge in [0.05, 0.1) is 17.4 Å². The van der Waals surface area contributed by atoms with Gasteiger partial charge in [-0.25, -0.2) is 4.98 Å². The van der Waals surface area contributed by atoms with E-state index in [0.29, 0.717) is 46.9 Å². The van der Waals surface area contributed by atoms with E-state index in [0.717, 1.165) is 31.5 Å². The fraction of sp³-hybridized carbons (Fsp3) is 0.318. The average molecular weight is 412 g/mol. The van der Waals surface area contributed by atoms with Gasteiger partial charge in [0.25, 0.3) is 11.5 Å². The molecule has 1 aliphatic heterocycles. The van der Waals surface area contributed by atoms with Crippen LogP contribution < -0.4 is 15.6 Å². The van der Waals surface area contributed by atoms with E-state index in [-0.39, 0.29) is 11.5 Å². The molecule has 1 amide bonds. The molecule has 1 aliphatic rings. The molecule has 6 nitrogen and oxygen atoms in total. The summed E-state index contributed by atoms with van der Waals surface area (Å²) in [4.78, 5) is 29.9. The number of nitrogens with one attached hydrogen (secondary N) is 1. The summed E-state index contributed by atoms with van der Waals surface area (Å²) in [5.74, 6) is 1.29. The molecule has 2 aromatic carbocycles. The van der Waals surface area contributed by atoms with Gasteiger partial charge in [-0.3, -0.25) is 14.2 Å². The Morgan fingerprint density at radius 1 is 1.14 bits per heavy atom. The van der Waals surface area contributed by atoms with Crippen LogP contribution in [0.15, 0.2) is 47.3 Å². The van der Waals surface area contributed by atoms with Gasteiger partial charge in [-0.15, -0.1) is 0 Å². The lowest BCUT2D eigenvalue weighted by Gasteiger charge is -2.11. The standard InChI is InChI=1S/C22H22ClN3O3/c23-16-6-8-17(9-7-16)29-13-11-24-21(27)15-5-10-18-19(14-15)25-20-4-2-1-3-12-26(20)22(18)28/h5-10,14H,1-4,11-13H2,(H,24,27). The highest BCUT2D eigenvalue weighted by molar-refractivity contribution is 6.30. The Morgan fingerprint density at radius 2 is 1.97 bits per heavy atom. The second-order valence-electron chi connectivity index (χ2n) is 7.09. The zero-order valence-electron chi connectivity index (χ0n) is 16.0. The number of amides is 1. The summed E-state index contributed by atoms with van der Waals surface area (Å²) in [5, 5.41) is 4.03. The number of rotatable bonds is 5. The van der Waals surface area contributed by atoms with Crippen LogP contribution in [-0.4, -0.2) is 28.6 Å². The van der Waals surface area contributed by atoms with Gasteiger partial charge >= 0.3 is 0 Å². The number of aromatic nitrogens is 2. The maximum atomic E-state index is 12.8. The molecule has 150 valence electrons. The molecule has 0 radical (unpaired) electrons. The lowest BCUT2D eigenvalue weighted by molar-refractivity contribution is 0.0947. The molecule has 29 heavy (non-hydrogen) atoms. The Hall–Kier alpha value is -2.86. The predicted molar refractivity (Wildman–Crippen MR) is 113 cm³/mol. The largest absolute Gasteiger partial charge is 0.492 e. The van der Waals surface area contributed by atoms with Crippen LogP contribution >= 0.6 is 11.6 Å². The van der Waals surface area contributed by atoms with Crippen LogP contribution in [-0.2, 0) is 13.0 Å². The van der Waals surface area contributed by atoms with Gasteiger partial charge in [-0.05, 0) is 55.3 Å². The van der Waals surface area contributed by atoms with Crippen molar-refractivity contribution < 1.29 is 9.53 Å². The summed E-state index contributed by atoms with van der Waals surface area (Å²) in [6, 6.07) is 12.1. The molecular formula is C22H22ClN3O3. The van der Waals surface area contributed by atoms with Crippen LogP contribution in [0.4, 0.5) is 0 Å². The molecule has 3 aromatic rings. The number of ether oxygens (including phenoxy) is 1. The molecule has 0 bridgehead atoms. The Labute approximate surface area is 173 Å². The normalized spacial score (nSPS) is 13.6. The lowest BCUT2D eigenvalue weighted by Crippen LogP contribution is -2.28. The van der Waals surface area contributed by atoms with Crippen LogP contribution in [0.1, 0.15) is 35.4 Å². The second kappa shape index (κ2) is 8.66. The van der Waals surface area contributed by atoms with Crippen molar-refractivity contribution in [3.63, 3.8) is 0 Å². The molecule has 0 unspecified atom stereocenters. The highest BCUT2D eigenvalue weighted by atomic mass is 35.5. The van der Waals surface area contributed by atoms with Crippen molar-refractivity contribution in [2.45, 2.75) is 32.2 Å². The van der Waals surface area contributed by atoms with E-state index >= 15 is 0 Å². The number of carbonyl (C=O) groups is 1. The van der Waals surface area contributed by atoms with Crippen molar-refractivity contribution in [2.24, 2.45) is 0 Å². The average Bonchev–Trinajstić information content (AvgIpc) is 2.98. The van der Waals surface area contributed by atoms with E-state index in [2.05, 4.69) is 10.3 Å². The van der Waals surface area contributed by atoms with E-state index in [1.165, 1.54) is 0 Å². The summed E-state index contributed by atoms with van der Waals surface area (Å²) < 4.78 is 7.36. The number of benzene rings is 2. The van der Waals surface area contributed by atoms with Gasteiger partial charge < -0.3 is 10.1 Å². The minimum atomic E-state index is -0.219. The number of fused-ring (bicyclic) bond motifs is 2. The third kappa shape index (κ3) is 4.43. The summed E-state index contributed by atoms with van der Waals surface area (Å²) in [5.41, 5.74) is 1.04. The maximum absolute atomic E-state index is 12.8. The van der Waals surface area contributed by atoms with Gasteiger partial charge in [-0.2, -0.15) is 0 Å². The molecule has 0 saturated carbocycles. The van der Waals surface area contributed by atoms with Gasteiger partial charge in [0, 0.05) is 23.6 Å². The topological polar surface area (TPSA) is 73.2 Å². The smallest absolute Gasteiger partial charge is 0.261 e. The molecule has 0 aliphatic carbocycles. The highest BCUT2D eigenvalue weighted by Crippen LogP contribution is 2.17. The van der Waals surface area contributed by atoms with Crippen molar-refractivity contribution in [2.75, 3.05) is 13.2 Å². The molecule has 1 N–H and O–H groups in total. The molecule has 4 rings (SSSR count). The molecule has 0 saturated heterocycles. The van der Waals surface area contributed by atoms with Crippen molar-refractivity contribution in [1.29, 1.82) is 0 Å². The van der Waals surface area contributed by atoms with Crippen molar-refractivity contribution >= 4 is 28.4 Å². The maximum Gasteiger partial charge on any atom is 0.261 e. The zero-order chi connectivity index (χ0) is 20.2. The highest BCUT2D eigenvalue weighted by Gasteiger charge is 2.15. The van der Waals surface area contributed by atoms with Gasteiger partial charge in [-0.1, -0.05) is 18.0 Å². The first-order valence-corrected chi connectivity index (χ1v) is 10.2. The monoisotopic (exact) mass is 411 g/mol. The van der Waals surface area contributed by atoms with Crippen molar-refractivity contribution in [3.8, 4) is 5.75 Å². The van der Waals surface area contributed by atoms with Crippen LogP contribution in [0.2, 0.25) is 5.02 Å². The fourth-order valence-corrected chi connectivity index (χ4v) is 3.65. The number of aryl methyl sites for hydroxylation is 1. The summed E-state index contributed by atoms with van der Waals surface area (Å²) in [6.07, 6.45) is 3.93. The Balaban J connectivity index is 1.43. The van der Waals surface area contributed by atoms with E-state index in [4.69, 9.17) is 16.3 Å². The van der Waals surface area contributed by atoms with Gasteiger partial charge in [0.15, 0.2) is 0 Å². The summed E-state index contributed by atoms with van der Waals surface area (Å²) in [7, 11) is 0. The quantitative estimate of drug-likeness (QED) is 0.651. The van der Waals surface area contributed by atoms with Crippen LogP contribution in [0.5, 0.6) is 5.75 Å². The summed E-state index contributed by atoms with van der Waals surface area (Å²) >= 11 is 5.84. The van der Waals surface area contributed by atoms with Crippen LogP contribution in [0.25, 0.3) is 10.9 Å². The first-order valence-electron chi connectivity index (χ1n) is 9.82. The SMILES string of the molecule is O=C(NCCOc1ccc(Cl)cc1)c1ccc2c(=O)n3c(nc2c1)CCCCC3. The predicted octanol–water partition coefficient (Wildman–Crippen LogP) is 3.59. The minimum absolute atomic E-state index is 0.0183. The molecule has 0 fully saturated rings. The number of nitrogens with zero attached hydrogens (tertiary/aromatic N) is 2. The number of hydrogen-bond donors (Lipinski definition) is 1. The molecule has 0 spiro atoms. The van der Waals surface area contributed by atoms with E-state index in [9.17, 15) is 9.59 Å². The zero-order valence-corrected chi connectivity index (χ0v) is 16.7. The van der Waals surface area contributed by atoms with E-state index in [1.807, 2.05) is 0 Å². The molecular weight excluding hydrogens is 390 g/mol. The third-order valence-electron chi connectivity index (χ3n) is 5.05. The molecule has 0 atom stereocenters.